The quantitative estimate of drug-likeness (QED) is 0.866. The molecule has 0 radical (unpaired) electrons. The SMILES string of the molecule is CC(N)c1cccnc1Oc1ccc(CO)cc1. The molecular weight excluding hydrogens is 228 g/mol. The summed E-state index contributed by atoms with van der Waals surface area (Å²) in [6.07, 6.45) is 1.67. The molecule has 0 aliphatic carbocycles. The Morgan fingerprint density at radius 1 is 1.28 bits per heavy atom. The number of hydrogen-bond donors (Lipinski definition) is 2. The predicted molar refractivity (Wildman–Crippen MR) is 69.3 cm³/mol. The van der Waals surface area contributed by atoms with Gasteiger partial charge in [-0.1, -0.05) is 18.2 Å². The number of rotatable bonds is 4. The fourth-order valence-electron chi connectivity index (χ4n) is 1.61. The molecule has 2 rings (SSSR count). The molecule has 0 aliphatic heterocycles. The molecule has 94 valence electrons. The van der Waals surface area contributed by atoms with Gasteiger partial charge in [0, 0.05) is 17.8 Å². The fraction of sp³-hybridized carbons (Fsp3) is 0.214. The summed E-state index contributed by atoms with van der Waals surface area (Å²) in [7, 11) is 0. The number of nitrogens with two attached hydrogens (primary N) is 1. The topological polar surface area (TPSA) is 68.4 Å². The largest absolute Gasteiger partial charge is 0.439 e. The van der Waals surface area contributed by atoms with Gasteiger partial charge < -0.3 is 15.6 Å². The zero-order valence-corrected chi connectivity index (χ0v) is 10.2. The number of benzene rings is 1. The van der Waals surface area contributed by atoms with Crippen molar-refractivity contribution < 1.29 is 9.84 Å². The van der Waals surface area contributed by atoms with E-state index < -0.39 is 0 Å². The molecule has 18 heavy (non-hydrogen) atoms. The lowest BCUT2D eigenvalue weighted by Gasteiger charge is -2.12. The molecule has 1 unspecified atom stereocenters. The predicted octanol–water partition coefficient (Wildman–Crippen LogP) is 2.39. The number of aliphatic hydroxyl groups is 1. The Balaban J connectivity index is 2.22. The van der Waals surface area contributed by atoms with Crippen molar-refractivity contribution in [2.45, 2.75) is 19.6 Å². The second-order valence-corrected chi connectivity index (χ2v) is 4.09. The first-order valence-electron chi connectivity index (χ1n) is 5.79. The maximum absolute atomic E-state index is 8.97. The third-order valence-electron chi connectivity index (χ3n) is 2.61. The van der Waals surface area contributed by atoms with Gasteiger partial charge in [-0.05, 0) is 30.7 Å². The number of nitrogens with zero attached hydrogens (tertiary/aromatic N) is 1. The van der Waals surface area contributed by atoms with Gasteiger partial charge in [0.05, 0.1) is 6.61 Å². The summed E-state index contributed by atoms with van der Waals surface area (Å²) in [5.74, 6) is 1.19. The first-order chi connectivity index (χ1) is 8.70. The zero-order chi connectivity index (χ0) is 13.0. The van der Waals surface area contributed by atoms with E-state index in [2.05, 4.69) is 4.98 Å². The summed E-state index contributed by atoms with van der Waals surface area (Å²) in [6, 6.07) is 10.8. The van der Waals surface area contributed by atoms with Gasteiger partial charge in [-0.15, -0.1) is 0 Å². The van der Waals surface area contributed by atoms with Gasteiger partial charge in [-0.25, -0.2) is 4.98 Å². The number of aromatic nitrogens is 1. The van der Waals surface area contributed by atoms with E-state index in [0.717, 1.165) is 11.1 Å². The summed E-state index contributed by atoms with van der Waals surface area (Å²) in [6.45, 7) is 1.91. The summed E-state index contributed by atoms with van der Waals surface area (Å²) in [5, 5.41) is 8.97. The average molecular weight is 244 g/mol. The van der Waals surface area contributed by atoms with Crippen LogP contribution in [0.3, 0.4) is 0 Å². The molecular formula is C14H16N2O2. The van der Waals surface area contributed by atoms with Crippen LogP contribution in [0.25, 0.3) is 0 Å². The Kier molecular flexibility index (Phi) is 3.92. The van der Waals surface area contributed by atoms with Crippen LogP contribution in [0.5, 0.6) is 11.6 Å². The highest BCUT2D eigenvalue weighted by Gasteiger charge is 2.09. The monoisotopic (exact) mass is 244 g/mol. The van der Waals surface area contributed by atoms with Crippen LogP contribution in [0.15, 0.2) is 42.6 Å². The number of pyridine rings is 1. The maximum Gasteiger partial charge on any atom is 0.223 e. The molecule has 1 heterocycles. The van der Waals surface area contributed by atoms with E-state index in [1.165, 1.54) is 0 Å². The lowest BCUT2D eigenvalue weighted by atomic mass is 10.1. The van der Waals surface area contributed by atoms with Crippen molar-refractivity contribution in [3.05, 3.63) is 53.7 Å². The van der Waals surface area contributed by atoms with Crippen LogP contribution in [0.2, 0.25) is 0 Å². The number of hydrogen-bond acceptors (Lipinski definition) is 4. The second kappa shape index (κ2) is 5.62. The van der Waals surface area contributed by atoms with Crippen LogP contribution >= 0.6 is 0 Å². The third-order valence-corrected chi connectivity index (χ3v) is 2.61. The van der Waals surface area contributed by atoms with Gasteiger partial charge in [-0.3, -0.25) is 0 Å². The Morgan fingerprint density at radius 3 is 2.61 bits per heavy atom. The number of aliphatic hydroxyl groups excluding tert-OH is 1. The summed E-state index contributed by atoms with van der Waals surface area (Å²) < 4.78 is 5.70. The highest BCUT2D eigenvalue weighted by molar-refractivity contribution is 5.35. The normalized spacial score (nSPS) is 12.2. The first kappa shape index (κ1) is 12.5. The Labute approximate surface area is 106 Å². The van der Waals surface area contributed by atoms with E-state index in [1.807, 2.05) is 31.2 Å². The van der Waals surface area contributed by atoms with Crippen LogP contribution < -0.4 is 10.5 Å². The van der Waals surface area contributed by atoms with Crippen molar-refractivity contribution >= 4 is 0 Å². The second-order valence-electron chi connectivity index (χ2n) is 4.09. The third kappa shape index (κ3) is 2.85. The lowest BCUT2D eigenvalue weighted by molar-refractivity contribution is 0.281. The molecule has 1 atom stereocenters. The van der Waals surface area contributed by atoms with Gasteiger partial charge in [0.15, 0.2) is 0 Å². The fourth-order valence-corrected chi connectivity index (χ4v) is 1.61. The molecule has 0 saturated carbocycles. The molecule has 0 spiro atoms. The molecule has 4 nitrogen and oxygen atoms in total. The van der Waals surface area contributed by atoms with E-state index in [4.69, 9.17) is 15.6 Å². The zero-order valence-electron chi connectivity index (χ0n) is 10.2. The Hall–Kier alpha value is -1.91. The number of ether oxygens (including phenoxy) is 1. The average Bonchev–Trinajstić information content (AvgIpc) is 2.40. The molecule has 3 N–H and O–H groups in total. The van der Waals surface area contributed by atoms with Crippen LogP contribution in [-0.2, 0) is 6.61 Å². The van der Waals surface area contributed by atoms with Crippen molar-refractivity contribution in [3.63, 3.8) is 0 Å². The summed E-state index contributed by atoms with van der Waals surface area (Å²) in [4.78, 5) is 4.19. The Morgan fingerprint density at radius 2 is 2.00 bits per heavy atom. The van der Waals surface area contributed by atoms with Crippen molar-refractivity contribution in [3.8, 4) is 11.6 Å². The van der Waals surface area contributed by atoms with E-state index >= 15 is 0 Å². The summed E-state index contributed by atoms with van der Waals surface area (Å²) >= 11 is 0. The minimum atomic E-state index is -0.134. The molecule has 0 amide bonds. The van der Waals surface area contributed by atoms with E-state index in [9.17, 15) is 0 Å². The highest BCUT2D eigenvalue weighted by Crippen LogP contribution is 2.26. The molecule has 2 aromatic rings. The summed E-state index contributed by atoms with van der Waals surface area (Å²) in [5.41, 5.74) is 7.57. The maximum atomic E-state index is 8.97. The van der Waals surface area contributed by atoms with E-state index in [-0.39, 0.29) is 12.6 Å². The van der Waals surface area contributed by atoms with Crippen molar-refractivity contribution in [1.29, 1.82) is 0 Å². The van der Waals surface area contributed by atoms with Gasteiger partial charge in [-0.2, -0.15) is 0 Å². The standard InChI is InChI=1S/C14H16N2O2/c1-10(15)13-3-2-8-16-14(13)18-12-6-4-11(9-17)5-7-12/h2-8,10,17H,9,15H2,1H3. The smallest absolute Gasteiger partial charge is 0.223 e. The lowest BCUT2D eigenvalue weighted by Crippen LogP contribution is -2.07. The molecule has 0 aliphatic rings. The molecule has 1 aromatic heterocycles. The van der Waals surface area contributed by atoms with Crippen LogP contribution in [0.1, 0.15) is 24.1 Å². The van der Waals surface area contributed by atoms with Crippen molar-refractivity contribution in [1.82, 2.24) is 4.98 Å². The van der Waals surface area contributed by atoms with Crippen molar-refractivity contribution in [2.75, 3.05) is 0 Å². The van der Waals surface area contributed by atoms with Gasteiger partial charge >= 0.3 is 0 Å². The highest BCUT2D eigenvalue weighted by atomic mass is 16.5. The van der Waals surface area contributed by atoms with E-state index in [0.29, 0.717) is 11.6 Å². The molecule has 0 fully saturated rings. The van der Waals surface area contributed by atoms with E-state index in [1.54, 1.807) is 18.3 Å². The van der Waals surface area contributed by atoms with Crippen LogP contribution in [-0.4, -0.2) is 10.1 Å². The van der Waals surface area contributed by atoms with Crippen LogP contribution in [0.4, 0.5) is 0 Å². The molecule has 1 aromatic carbocycles. The van der Waals surface area contributed by atoms with Crippen LogP contribution in [0, 0.1) is 0 Å². The van der Waals surface area contributed by atoms with Gasteiger partial charge in [0.25, 0.3) is 0 Å². The Bertz CT molecular complexity index is 509. The minimum Gasteiger partial charge on any atom is -0.439 e. The molecule has 0 bridgehead atoms. The first-order valence-corrected chi connectivity index (χ1v) is 5.79. The molecule has 4 heteroatoms. The van der Waals surface area contributed by atoms with Gasteiger partial charge in [0.2, 0.25) is 5.88 Å². The van der Waals surface area contributed by atoms with Crippen molar-refractivity contribution in [2.24, 2.45) is 5.73 Å². The van der Waals surface area contributed by atoms with Gasteiger partial charge in [0.1, 0.15) is 5.75 Å². The minimum absolute atomic E-state index is 0.0228. The molecule has 0 saturated heterocycles.